The van der Waals surface area contributed by atoms with Crippen LogP contribution in [0.2, 0.25) is 0 Å². The van der Waals surface area contributed by atoms with E-state index in [-0.39, 0.29) is 11.9 Å². The third kappa shape index (κ3) is 4.06. The highest BCUT2D eigenvalue weighted by Crippen LogP contribution is 2.15. The number of likely N-dealkylation sites (tertiary alicyclic amines) is 1. The number of hydrogen-bond acceptors (Lipinski definition) is 4. The highest BCUT2D eigenvalue weighted by atomic mass is 16.2. The molecule has 1 amide bonds. The van der Waals surface area contributed by atoms with Gasteiger partial charge in [0.1, 0.15) is 0 Å². The van der Waals surface area contributed by atoms with Gasteiger partial charge in [-0.3, -0.25) is 9.69 Å². The summed E-state index contributed by atoms with van der Waals surface area (Å²) in [6.07, 6.45) is 0.949. The van der Waals surface area contributed by atoms with Crippen molar-refractivity contribution in [3.8, 4) is 5.69 Å². The maximum atomic E-state index is 12.7. The molecule has 4 rings (SSSR count). The van der Waals surface area contributed by atoms with Crippen LogP contribution in [0, 0.1) is 6.92 Å². The third-order valence-corrected chi connectivity index (χ3v) is 4.84. The van der Waals surface area contributed by atoms with E-state index in [0.29, 0.717) is 11.4 Å². The SMILES string of the molecule is Cc1nn(-c2ccccc2)nc1C(=O)N[C@@H]1CCN(Cc2ccccc2)C1. The average Bonchev–Trinajstić information content (AvgIpc) is 3.29. The van der Waals surface area contributed by atoms with Crippen LogP contribution in [0.1, 0.15) is 28.2 Å². The summed E-state index contributed by atoms with van der Waals surface area (Å²) in [6.45, 7) is 4.57. The predicted octanol–water partition coefficient (Wildman–Crippen LogP) is 2.58. The lowest BCUT2D eigenvalue weighted by molar-refractivity contribution is 0.0931. The van der Waals surface area contributed by atoms with Crippen LogP contribution in [0.3, 0.4) is 0 Å². The van der Waals surface area contributed by atoms with Crippen LogP contribution in [-0.2, 0) is 6.54 Å². The minimum absolute atomic E-state index is 0.141. The molecule has 0 bridgehead atoms. The van der Waals surface area contributed by atoms with Gasteiger partial charge in [-0.05, 0) is 31.0 Å². The average molecular weight is 361 g/mol. The molecule has 0 saturated carbocycles. The Morgan fingerprint density at radius 2 is 1.78 bits per heavy atom. The van der Waals surface area contributed by atoms with Gasteiger partial charge >= 0.3 is 0 Å². The number of nitrogens with one attached hydrogen (secondary N) is 1. The van der Waals surface area contributed by atoms with Crippen molar-refractivity contribution in [2.45, 2.75) is 25.9 Å². The number of amides is 1. The first-order valence-electron chi connectivity index (χ1n) is 9.25. The van der Waals surface area contributed by atoms with E-state index in [4.69, 9.17) is 0 Å². The van der Waals surface area contributed by atoms with Gasteiger partial charge in [-0.2, -0.15) is 9.90 Å². The summed E-state index contributed by atoms with van der Waals surface area (Å²) in [4.78, 5) is 16.6. The topological polar surface area (TPSA) is 63.1 Å². The van der Waals surface area contributed by atoms with Crippen molar-refractivity contribution < 1.29 is 4.79 Å². The molecule has 3 aromatic rings. The molecule has 1 fully saturated rings. The van der Waals surface area contributed by atoms with Crippen molar-refractivity contribution in [1.29, 1.82) is 0 Å². The van der Waals surface area contributed by atoms with Gasteiger partial charge in [0.15, 0.2) is 5.69 Å². The summed E-state index contributed by atoms with van der Waals surface area (Å²) in [6, 6.07) is 20.2. The molecule has 2 heterocycles. The largest absolute Gasteiger partial charge is 0.347 e. The molecule has 0 radical (unpaired) electrons. The highest BCUT2D eigenvalue weighted by molar-refractivity contribution is 5.93. The molecule has 138 valence electrons. The van der Waals surface area contributed by atoms with E-state index < -0.39 is 0 Å². The van der Waals surface area contributed by atoms with Gasteiger partial charge in [-0.25, -0.2) is 0 Å². The van der Waals surface area contributed by atoms with Gasteiger partial charge in [-0.15, -0.1) is 5.10 Å². The predicted molar refractivity (Wildman–Crippen MR) is 104 cm³/mol. The second kappa shape index (κ2) is 7.72. The lowest BCUT2D eigenvalue weighted by Crippen LogP contribution is -2.37. The molecule has 1 atom stereocenters. The summed E-state index contributed by atoms with van der Waals surface area (Å²) < 4.78 is 0. The monoisotopic (exact) mass is 361 g/mol. The number of carbonyl (C=O) groups excluding carboxylic acids is 1. The Morgan fingerprint density at radius 1 is 1.07 bits per heavy atom. The van der Waals surface area contributed by atoms with Gasteiger partial charge in [0.25, 0.3) is 5.91 Å². The standard InChI is InChI=1S/C21H23N5O/c1-16-20(24-26(23-16)19-10-6-3-7-11-19)21(27)22-18-12-13-25(15-18)14-17-8-4-2-5-9-17/h2-11,18H,12-15H2,1H3,(H,22,27)/t18-/m1/s1. The van der Waals surface area contributed by atoms with Crippen molar-refractivity contribution in [1.82, 2.24) is 25.2 Å². The van der Waals surface area contributed by atoms with Gasteiger partial charge in [-0.1, -0.05) is 48.5 Å². The maximum absolute atomic E-state index is 12.7. The third-order valence-electron chi connectivity index (χ3n) is 4.84. The number of aryl methyl sites for hydroxylation is 1. The van der Waals surface area contributed by atoms with E-state index in [1.165, 1.54) is 10.4 Å². The molecule has 6 nitrogen and oxygen atoms in total. The zero-order chi connectivity index (χ0) is 18.6. The van der Waals surface area contributed by atoms with Crippen LogP contribution in [0.4, 0.5) is 0 Å². The second-order valence-corrected chi connectivity index (χ2v) is 6.94. The molecule has 0 spiro atoms. The lowest BCUT2D eigenvalue weighted by Gasteiger charge is -2.16. The van der Waals surface area contributed by atoms with Gasteiger partial charge < -0.3 is 5.32 Å². The fourth-order valence-corrected chi connectivity index (χ4v) is 3.45. The quantitative estimate of drug-likeness (QED) is 0.759. The second-order valence-electron chi connectivity index (χ2n) is 6.94. The Bertz CT molecular complexity index is 907. The molecule has 1 aromatic heterocycles. The molecule has 1 aliphatic rings. The Balaban J connectivity index is 1.38. The summed E-state index contributed by atoms with van der Waals surface area (Å²) in [7, 11) is 0. The number of rotatable bonds is 5. The molecular weight excluding hydrogens is 338 g/mol. The Hall–Kier alpha value is -2.99. The van der Waals surface area contributed by atoms with Crippen molar-refractivity contribution in [3.05, 3.63) is 77.6 Å². The molecule has 2 aromatic carbocycles. The Kier molecular flexibility index (Phi) is 4.98. The molecule has 1 saturated heterocycles. The van der Waals surface area contributed by atoms with E-state index in [9.17, 15) is 4.79 Å². The number of carbonyl (C=O) groups is 1. The van der Waals surface area contributed by atoms with E-state index in [1.807, 2.05) is 43.3 Å². The van der Waals surface area contributed by atoms with Crippen LogP contribution in [0.25, 0.3) is 5.69 Å². The number of para-hydroxylation sites is 1. The summed E-state index contributed by atoms with van der Waals surface area (Å²) in [5, 5.41) is 11.9. The molecule has 0 aliphatic carbocycles. The zero-order valence-corrected chi connectivity index (χ0v) is 15.4. The van der Waals surface area contributed by atoms with Crippen LogP contribution in [0.15, 0.2) is 60.7 Å². The van der Waals surface area contributed by atoms with E-state index >= 15 is 0 Å². The smallest absolute Gasteiger partial charge is 0.274 e. The lowest BCUT2D eigenvalue weighted by atomic mass is 10.2. The summed E-state index contributed by atoms with van der Waals surface area (Å²) >= 11 is 0. The minimum atomic E-state index is -0.152. The van der Waals surface area contributed by atoms with Crippen LogP contribution < -0.4 is 5.32 Å². The van der Waals surface area contributed by atoms with Gasteiger partial charge in [0.2, 0.25) is 0 Å². The number of hydrogen-bond donors (Lipinski definition) is 1. The molecule has 27 heavy (non-hydrogen) atoms. The number of aromatic nitrogens is 3. The molecule has 6 heteroatoms. The van der Waals surface area contributed by atoms with E-state index in [2.05, 4.69) is 44.7 Å². The van der Waals surface area contributed by atoms with Gasteiger partial charge in [0, 0.05) is 25.7 Å². The Morgan fingerprint density at radius 3 is 2.52 bits per heavy atom. The number of benzene rings is 2. The first kappa shape index (κ1) is 17.4. The minimum Gasteiger partial charge on any atom is -0.347 e. The molecular formula is C21H23N5O. The van der Waals surface area contributed by atoms with E-state index in [1.54, 1.807) is 0 Å². The normalized spacial score (nSPS) is 17.1. The number of nitrogens with zero attached hydrogens (tertiary/aromatic N) is 4. The first-order valence-corrected chi connectivity index (χ1v) is 9.25. The van der Waals surface area contributed by atoms with E-state index in [0.717, 1.165) is 31.7 Å². The fraction of sp³-hybridized carbons (Fsp3) is 0.286. The van der Waals surface area contributed by atoms with Crippen molar-refractivity contribution in [2.24, 2.45) is 0 Å². The van der Waals surface area contributed by atoms with Gasteiger partial charge in [0.05, 0.1) is 11.4 Å². The van der Waals surface area contributed by atoms with Crippen molar-refractivity contribution in [3.63, 3.8) is 0 Å². The summed E-state index contributed by atoms with van der Waals surface area (Å²) in [5.74, 6) is -0.152. The molecule has 1 aliphatic heterocycles. The van der Waals surface area contributed by atoms with Crippen molar-refractivity contribution >= 4 is 5.91 Å². The summed E-state index contributed by atoms with van der Waals surface area (Å²) in [5.41, 5.74) is 3.16. The zero-order valence-electron chi connectivity index (χ0n) is 15.4. The Labute approximate surface area is 158 Å². The van der Waals surface area contributed by atoms with Crippen LogP contribution in [-0.4, -0.2) is 44.9 Å². The van der Waals surface area contributed by atoms with Crippen molar-refractivity contribution in [2.75, 3.05) is 13.1 Å². The highest BCUT2D eigenvalue weighted by Gasteiger charge is 2.26. The molecule has 1 N–H and O–H groups in total. The van der Waals surface area contributed by atoms with Crippen LogP contribution in [0.5, 0.6) is 0 Å². The maximum Gasteiger partial charge on any atom is 0.274 e. The van der Waals surface area contributed by atoms with Crippen LogP contribution >= 0.6 is 0 Å². The molecule has 0 unspecified atom stereocenters. The first-order chi connectivity index (χ1) is 13.2. The fourth-order valence-electron chi connectivity index (χ4n) is 3.45.